The number of ether oxygens (including phenoxy) is 1. The summed E-state index contributed by atoms with van der Waals surface area (Å²) >= 11 is 0. The third-order valence-corrected chi connectivity index (χ3v) is 2.10. The van der Waals surface area contributed by atoms with Crippen LogP contribution in [-0.4, -0.2) is 40.6 Å². The molecular formula is C8H14N4O. The Labute approximate surface area is 77.1 Å². The maximum absolute atomic E-state index is 5.64. The molecule has 1 aromatic rings. The van der Waals surface area contributed by atoms with Crippen LogP contribution in [-0.2, 0) is 11.3 Å². The molecular weight excluding hydrogens is 168 g/mol. The van der Waals surface area contributed by atoms with Crippen molar-refractivity contribution in [3.05, 3.63) is 12.7 Å². The van der Waals surface area contributed by atoms with Crippen LogP contribution in [0.4, 0.5) is 0 Å². The molecule has 1 aliphatic heterocycles. The van der Waals surface area contributed by atoms with Crippen LogP contribution in [0.15, 0.2) is 12.7 Å². The lowest BCUT2D eigenvalue weighted by atomic mass is 10.3. The number of hydrogen-bond acceptors (Lipinski definition) is 4. The van der Waals surface area contributed by atoms with E-state index in [2.05, 4.69) is 15.5 Å². The van der Waals surface area contributed by atoms with Crippen LogP contribution in [0.1, 0.15) is 6.42 Å². The second kappa shape index (κ2) is 4.34. The van der Waals surface area contributed by atoms with E-state index >= 15 is 0 Å². The molecule has 0 aromatic carbocycles. The molecule has 1 atom stereocenters. The zero-order valence-corrected chi connectivity index (χ0v) is 7.52. The number of nitrogens with zero attached hydrogens (tertiary/aromatic N) is 3. The maximum Gasteiger partial charge on any atom is 0.119 e. The van der Waals surface area contributed by atoms with Gasteiger partial charge in [0.2, 0.25) is 0 Å². The molecule has 5 nitrogen and oxygen atoms in total. The summed E-state index contributed by atoms with van der Waals surface area (Å²) in [5.74, 6) is 0. The van der Waals surface area contributed by atoms with Gasteiger partial charge in [-0.15, -0.1) is 10.2 Å². The third kappa shape index (κ3) is 2.50. The van der Waals surface area contributed by atoms with Gasteiger partial charge in [0, 0.05) is 13.2 Å². The van der Waals surface area contributed by atoms with Gasteiger partial charge in [-0.05, 0) is 13.0 Å². The first-order chi connectivity index (χ1) is 6.45. The largest absolute Gasteiger partial charge is 0.375 e. The normalized spacial score (nSPS) is 24.2. The lowest BCUT2D eigenvalue weighted by Gasteiger charge is -2.14. The number of aromatic nitrogens is 3. The molecule has 1 fully saturated rings. The Morgan fingerprint density at radius 3 is 3.15 bits per heavy atom. The van der Waals surface area contributed by atoms with E-state index in [1.807, 2.05) is 4.57 Å². The Morgan fingerprint density at radius 2 is 2.31 bits per heavy atom. The molecule has 0 radical (unpaired) electrons. The Balaban J connectivity index is 1.86. The molecule has 0 saturated carbocycles. The van der Waals surface area contributed by atoms with Crippen molar-refractivity contribution in [2.75, 3.05) is 19.7 Å². The van der Waals surface area contributed by atoms with Gasteiger partial charge in [0.15, 0.2) is 0 Å². The quantitative estimate of drug-likeness (QED) is 0.679. The zero-order valence-electron chi connectivity index (χ0n) is 7.52. The minimum Gasteiger partial charge on any atom is -0.375 e. The average Bonchev–Trinajstić information content (AvgIpc) is 2.49. The maximum atomic E-state index is 5.64. The summed E-state index contributed by atoms with van der Waals surface area (Å²) in [5.41, 5.74) is 0. The summed E-state index contributed by atoms with van der Waals surface area (Å²) < 4.78 is 7.58. The van der Waals surface area contributed by atoms with Crippen molar-refractivity contribution in [3.8, 4) is 0 Å². The predicted molar refractivity (Wildman–Crippen MR) is 47.2 cm³/mol. The van der Waals surface area contributed by atoms with Gasteiger partial charge in [-0.25, -0.2) is 0 Å². The van der Waals surface area contributed by atoms with Crippen molar-refractivity contribution >= 4 is 0 Å². The molecule has 2 rings (SSSR count). The van der Waals surface area contributed by atoms with Gasteiger partial charge in [-0.1, -0.05) is 0 Å². The molecule has 1 unspecified atom stereocenters. The molecule has 2 heterocycles. The summed E-state index contributed by atoms with van der Waals surface area (Å²) in [7, 11) is 0. The van der Waals surface area contributed by atoms with Crippen LogP contribution in [0.3, 0.4) is 0 Å². The fourth-order valence-corrected chi connectivity index (χ4v) is 1.44. The summed E-state index contributed by atoms with van der Waals surface area (Å²) in [5, 5.41) is 10.8. The lowest BCUT2D eigenvalue weighted by Crippen LogP contribution is -2.29. The van der Waals surface area contributed by atoms with Crippen LogP contribution in [0.2, 0.25) is 0 Å². The molecule has 5 heteroatoms. The van der Waals surface area contributed by atoms with Gasteiger partial charge in [-0.3, -0.25) is 0 Å². The zero-order chi connectivity index (χ0) is 8.93. The Kier molecular flexibility index (Phi) is 2.89. The van der Waals surface area contributed by atoms with Crippen LogP contribution in [0.25, 0.3) is 0 Å². The molecule has 1 aromatic heterocycles. The fourth-order valence-electron chi connectivity index (χ4n) is 1.44. The van der Waals surface area contributed by atoms with Crippen LogP contribution >= 0.6 is 0 Å². The molecule has 72 valence electrons. The topological polar surface area (TPSA) is 52.0 Å². The van der Waals surface area contributed by atoms with Crippen molar-refractivity contribution < 1.29 is 4.74 Å². The van der Waals surface area contributed by atoms with E-state index in [0.29, 0.717) is 0 Å². The molecule has 13 heavy (non-hydrogen) atoms. The summed E-state index contributed by atoms with van der Waals surface area (Å²) in [6.07, 6.45) is 4.78. The minimum atomic E-state index is 0.249. The Morgan fingerprint density at radius 1 is 1.46 bits per heavy atom. The summed E-state index contributed by atoms with van der Waals surface area (Å²) in [4.78, 5) is 0. The van der Waals surface area contributed by atoms with E-state index in [4.69, 9.17) is 4.74 Å². The van der Waals surface area contributed by atoms with Crippen molar-refractivity contribution in [3.63, 3.8) is 0 Å². The second-order valence-corrected chi connectivity index (χ2v) is 3.21. The Bertz CT molecular complexity index is 228. The number of rotatable bonds is 2. The van der Waals surface area contributed by atoms with Gasteiger partial charge < -0.3 is 14.6 Å². The van der Waals surface area contributed by atoms with E-state index in [-0.39, 0.29) is 6.10 Å². The average molecular weight is 182 g/mol. The minimum absolute atomic E-state index is 0.249. The highest BCUT2D eigenvalue weighted by molar-refractivity contribution is 4.69. The van der Waals surface area contributed by atoms with E-state index in [1.54, 1.807) is 12.7 Å². The van der Waals surface area contributed by atoms with Crippen LogP contribution in [0.5, 0.6) is 0 Å². The molecule has 0 aliphatic carbocycles. The fraction of sp³-hybridized carbons (Fsp3) is 0.750. The van der Waals surface area contributed by atoms with E-state index in [9.17, 15) is 0 Å². The first-order valence-corrected chi connectivity index (χ1v) is 4.60. The van der Waals surface area contributed by atoms with Crippen LogP contribution < -0.4 is 5.32 Å². The van der Waals surface area contributed by atoms with Crippen molar-refractivity contribution in [1.82, 2.24) is 20.1 Å². The van der Waals surface area contributed by atoms with E-state index in [0.717, 1.165) is 32.7 Å². The summed E-state index contributed by atoms with van der Waals surface area (Å²) in [6.45, 7) is 3.65. The number of hydrogen-bond donors (Lipinski definition) is 1. The van der Waals surface area contributed by atoms with Crippen LogP contribution in [0, 0.1) is 0 Å². The molecule has 0 amide bonds. The third-order valence-electron chi connectivity index (χ3n) is 2.10. The van der Waals surface area contributed by atoms with Gasteiger partial charge >= 0.3 is 0 Å². The summed E-state index contributed by atoms with van der Waals surface area (Å²) in [6, 6.07) is 0. The molecule has 1 saturated heterocycles. The highest BCUT2D eigenvalue weighted by Gasteiger charge is 2.12. The van der Waals surface area contributed by atoms with Gasteiger partial charge in [-0.2, -0.15) is 0 Å². The molecule has 1 N–H and O–H groups in total. The second-order valence-electron chi connectivity index (χ2n) is 3.21. The van der Waals surface area contributed by atoms with Crippen molar-refractivity contribution in [2.24, 2.45) is 0 Å². The highest BCUT2D eigenvalue weighted by Crippen LogP contribution is 2.00. The predicted octanol–water partition coefficient (Wildman–Crippen LogP) is -0.343. The van der Waals surface area contributed by atoms with Crippen molar-refractivity contribution in [2.45, 2.75) is 19.1 Å². The lowest BCUT2D eigenvalue weighted by molar-refractivity contribution is 0.0550. The van der Waals surface area contributed by atoms with Gasteiger partial charge in [0.05, 0.1) is 12.6 Å². The van der Waals surface area contributed by atoms with Crippen molar-refractivity contribution in [1.29, 1.82) is 0 Å². The van der Waals surface area contributed by atoms with Gasteiger partial charge in [0.1, 0.15) is 12.7 Å². The Hall–Kier alpha value is -0.940. The molecule has 0 bridgehead atoms. The first-order valence-electron chi connectivity index (χ1n) is 4.60. The molecule has 0 spiro atoms. The standard InChI is InChI=1S/C8H14N4O/c1-2-9-4-8(13-3-1)5-12-6-10-11-7-12/h6-9H,1-5H2. The smallest absolute Gasteiger partial charge is 0.119 e. The first kappa shape index (κ1) is 8.65. The van der Waals surface area contributed by atoms with Gasteiger partial charge in [0.25, 0.3) is 0 Å². The monoisotopic (exact) mass is 182 g/mol. The van der Waals surface area contributed by atoms with E-state index in [1.165, 1.54) is 0 Å². The highest BCUT2D eigenvalue weighted by atomic mass is 16.5. The molecule has 1 aliphatic rings. The number of nitrogens with one attached hydrogen (secondary N) is 1. The van der Waals surface area contributed by atoms with E-state index < -0.39 is 0 Å². The SMILES string of the molecule is c1nncn1CC1CNCCCO1.